The maximum atomic E-state index is 11.5. The molecule has 1 N–H and O–H groups in total. The van der Waals surface area contributed by atoms with Crippen molar-refractivity contribution in [3.63, 3.8) is 0 Å². The molecule has 3 heteroatoms. The largest absolute Gasteiger partial charge is 0.444 e. The van der Waals surface area contributed by atoms with Gasteiger partial charge >= 0.3 is 0 Å². The van der Waals surface area contributed by atoms with E-state index in [0.717, 1.165) is 30.3 Å². The van der Waals surface area contributed by atoms with Crippen molar-refractivity contribution in [3.8, 4) is 5.75 Å². The van der Waals surface area contributed by atoms with E-state index < -0.39 is 8.38 Å². The Balaban J connectivity index is 2.02. The first-order chi connectivity index (χ1) is 20.7. The first kappa shape index (κ1) is 36.8. The molecule has 2 nitrogen and oxygen atoms in total. The zero-order chi connectivity index (χ0) is 30.1. The summed E-state index contributed by atoms with van der Waals surface area (Å²) >= 11 is 0. The van der Waals surface area contributed by atoms with E-state index in [9.17, 15) is 4.89 Å². The number of rotatable bonds is 27. The molecule has 0 saturated carbocycles. The van der Waals surface area contributed by atoms with Crippen molar-refractivity contribution in [2.75, 3.05) is 0 Å². The molecule has 0 saturated heterocycles. The van der Waals surface area contributed by atoms with Gasteiger partial charge in [0.1, 0.15) is 5.75 Å². The maximum Gasteiger partial charge on any atom is 0.262 e. The summed E-state index contributed by atoms with van der Waals surface area (Å²) in [6.07, 6.45) is 30.9. The normalized spacial score (nSPS) is 12.1. The highest BCUT2D eigenvalue weighted by Gasteiger charge is 2.19. The molecule has 42 heavy (non-hydrogen) atoms. The molecule has 2 rings (SSSR count). The van der Waals surface area contributed by atoms with Gasteiger partial charge in [-0.2, -0.15) is 0 Å². The summed E-state index contributed by atoms with van der Waals surface area (Å²) in [6.45, 7) is 6.85. The van der Waals surface area contributed by atoms with E-state index in [-0.39, 0.29) is 0 Å². The lowest BCUT2D eigenvalue weighted by molar-refractivity contribution is 0.493. The average Bonchev–Trinajstić information content (AvgIpc) is 3.00. The quantitative estimate of drug-likeness (QED) is 0.0821. The van der Waals surface area contributed by atoms with Crippen LogP contribution in [-0.4, -0.2) is 4.89 Å². The number of unbranched alkanes of at least 4 members (excludes halogenated alkanes) is 18. The molecule has 0 aromatic heterocycles. The standard InChI is InChI=1S/C39H65O2P/c1-4-7-10-13-16-19-22-28-35-31-27-34-39(37(35)32-24-21-18-15-12-9-6-3)42(40)41-38-33-26-25-30-36(38)29-23-20-17-14-11-8-5-2/h25-27,30-31,33-34,40H,4-24,28-29,32H2,1-3H3. The van der Waals surface area contributed by atoms with E-state index in [1.807, 2.05) is 6.07 Å². The SMILES string of the molecule is CCCCCCCCCc1ccccc1OP(O)c1cccc(CCCCCCCCC)c1CCCCCCCCC. The zero-order valence-electron chi connectivity index (χ0n) is 27.8. The lowest BCUT2D eigenvalue weighted by Gasteiger charge is -2.20. The molecule has 0 radical (unpaired) electrons. The summed E-state index contributed by atoms with van der Waals surface area (Å²) in [6, 6.07) is 15.0. The average molecular weight is 597 g/mol. The minimum absolute atomic E-state index is 0.872. The van der Waals surface area contributed by atoms with Gasteiger partial charge in [-0.05, 0) is 67.3 Å². The summed E-state index contributed by atoms with van der Waals surface area (Å²) in [7, 11) is -1.69. The van der Waals surface area contributed by atoms with Crippen LogP contribution >= 0.6 is 8.38 Å². The summed E-state index contributed by atoms with van der Waals surface area (Å²) in [5.41, 5.74) is 4.05. The number of hydrogen-bond acceptors (Lipinski definition) is 2. The molecule has 1 atom stereocenters. The number of para-hydroxylation sites is 1. The fourth-order valence-corrected chi connectivity index (χ4v) is 7.23. The van der Waals surface area contributed by atoms with Gasteiger partial charge in [-0.25, -0.2) is 0 Å². The molecule has 0 aliphatic rings. The van der Waals surface area contributed by atoms with Gasteiger partial charge in [-0.1, -0.05) is 167 Å². The zero-order valence-corrected chi connectivity index (χ0v) is 28.7. The molecular weight excluding hydrogens is 531 g/mol. The summed E-state index contributed by atoms with van der Waals surface area (Å²) in [5, 5.41) is 1.04. The lowest BCUT2D eigenvalue weighted by Crippen LogP contribution is -2.15. The monoisotopic (exact) mass is 596 g/mol. The van der Waals surface area contributed by atoms with E-state index in [1.54, 1.807) is 0 Å². The number of aryl methyl sites for hydroxylation is 2. The molecule has 2 aromatic carbocycles. The van der Waals surface area contributed by atoms with Gasteiger partial charge in [0.2, 0.25) is 0 Å². The molecule has 0 heterocycles. The van der Waals surface area contributed by atoms with Gasteiger partial charge in [-0.3, -0.25) is 0 Å². The summed E-state index contributed by atoms with van der Waals surface area (Å²) in [5.74, 6) is 0.872. The molecule has 0 amide bonds. The third-order valence-corrected chi connectivity index (χ3v) is 9.94. The molecule has 0 aliphatic heterocycles. The van der Waals surface area contributed by atoms with Crippen LogP contribution in [0.3, 0.4) is 0 Å². The Morgan fingerprint density at radius 3 is 1.45 bits per heavy atom. The molecule has 0 bridgehead atoms. The summed E-state index contributed by atoms with van der Waals surface area (Å²) in [4.78, 5) is 11.5. The number of hydrogen-bond donors (Lipinski definition) is 1. The van der Waals surface area contributed by atoms with Crippen LogP contribution in [0.25, 0.3) is 0 Å². The highest BCUT2D eigenvalue weighted by atomic mass is 31.2. The van der Waals surface area contributed by atoms with E-state index in [1.165, 1.54) is 152 Å². The predicted octanol–water partition coefficient (Wildman–Crippen LogP) is 12.6. The van der Waals surface area contributed by atoms with Crippen molar-refractivity contribution < 1.29 is 9.42 Å². The van der Waals surface area contributed by atoms with Crippen LogP contribution < -0.4 is 9.83 Å². The van der Waals surface area contributed by atoms with Gasteiger partial charge in [-0.15, -0.1) is 0 Å². The van der Waals surface area contributed by atoms with Crippen LogP contribution in [0.2, 0.25) is 0 Å². The van der Waals surface area contributed by atoms with E-state index >= 15 is 0 Å². The number of benzene rings is 2. The maximum absolute atomic E-state index is 11.5. The Kier molecular flexibility index (Phi) is 21.9. The summed E-state index contributed by atoms with van der Waals surface area (Å²) < 4.78 is 6.41. The molecular formula is C39H65O2P. The van der Waals surface area contributed by atoms with Crippen LogP contribution in [0.15, 0.2) is 42.5 Å². The fraction of sp³-hybridized carbons (Fsp3) is 0.692. The van der Waals surface area contributed by atoms with Gasteiger partial charge < -0.3 is 9.42 Å². The van der Waals surface area contributed by atoms with Crippen LogP contribution in [0.1, 0.15) is 172 Å². The lowest BCUT2D eigenvalue weighted by atomic mass is 9.96. The molecule has 2 aromatic rings. The van der Waals surface area contributed by atoms with Gasteiger partial charge in [0, 0.05) is 5.30 Å². The van der Waals surface area contributed by atoms with Crippen LogP contribution in [-0.2, 0) is 19.3 Å². The van der Waals surface area contributed by atoms with Crippen LogP contribution in [0.5, 0.6) is 5.75 Å². The second-order valence-electron chi connectivity index (χ2n) is 12.5. The first-order valence-electron chi connectivity index (χ1n) is 18.1. The van der Waals surface area contributed by atoms with Crippen molar-refractivity contribution >= 4 is 13.7 Å². The van der Waals surface area contributed by atoms with Crippen molar-refractivity contribution in [2.45, 2.75) is 175 Å². The Morgan fingerprint density at radius 1 is 0.476 bits per heavy atom. The van der Waals surface area contributed by atoms with Crippen molar-refractivity contribution in [1.29, 1.82) is 0 Å². The van der Waals surface area contributed by atoms with E-state index in [2.05, 4.69) is 57.2 Å². The van der Waals surface area contributed by atoms with Crippen LogP contribution in [0, 0.1) is 0 Å². The van der Waals surface area contributed by atoms with Gasteiger partial charge in [0.05, 0.1) is 0 Å². The van der Waals surface area contributed by atoms with Crippen molar-refractivity contribution in [1.82, 2.24) is 0 Å². The minimum atomic E-state index is -1.69. The Hall–Kier alpha value is -1.37. The van der Waals surface area contributed by atoms with Crippen molar-refractivity contribution in [3.05, 3.63) is 59.2 Å². The fourth-order valence-electron chi connectivity index (χ4n) is 6.07. The smallest absolute Gasteiger partial charge is 0.262 e. The molecule has 238 valence electrons. The molecule has 0 fully saturated rings. The van der Waals surface area contributed by atoms with Crippen LogP contribution in [0.4, 0.5) is 0 Å². The molecule has 0 spiro atoms. The Bertz CT molecular complexity index is 911. The van der Waals surface area contributed by atoms with Crippen molar-refractivity contribution in [2.24, 2.45) is 0 Å². The minimum Gasteiger partial charge on any atom is -0.444 e. The second-order valence-corrected chi connectivity index (χ2v) is 13.7. The highest BCUT2D eigenvalue weighted by molar-refractivity contribution is 7.55. The second kappa shape index (κ2) is 25.0. The topological polar surface area (TPSA) is 29.5 Å². The highest BCUT2D eigenvalue weighted by Crippen LogP contribution is 2.37. The molecule has 0 aliphatic carbocycles. The Morgan fingerprint density at radius 2 is 0.905 bits per heavy atom. The van der Waals surface area contributed by atoms with Gasteiger partial charge in [0.25, 0.3) is 8.38 Å². The Labute approximate surface area is 262 Å². The predicted molar refractivity (Wildman–Crippen MR) is 187 cm³/mol. The third kappa shape index (κ3) is 15.9. The molecule has 1 unspecified atom stereocenters. The first-order valence-corrected chi connectivity index (χ1v) is 19.3. The van der Waals surface area contributed by atoms with E-state index in [4.69, 9.17) is 4.52 Å². The third-order valence-electron chi connectivity index (χ3n) is 8.74. The van der Waals surface area contributed by atoms with Gasteiger partial charge in [0.15, 0.2) is 0 Å². The van der Waals surface area contributed by atoms with E-state index in [0.29, 0.717) is 0 Å².